The second-order valence-electron chi connectivity index (χ2n) is 8.54. The van der Waals surface area contributed by atoms with Crippen LogP contribution >= 0.6 is 0 Å². The van der Waals surface area contributed by atoms with Crippen LogP contribution < -0.4 is 5.32 Å². The number of pyridine rings is 2. The number of rotatable bonds is 5. The number of hydrogen-bond donors (Lipinski definition) is 1. The third-order valence-corrected chi connectivity index (χ3v) is 5.60. The number of fused-ring (bicyclic) bond motifs is 1. The van der Waals surface area contributed by atoms with Gasteiger partial charge in [-0.05, 0) is 42.7 Å². The van der Waals surface area contributed by atoms with Gasteiger partial charge in [0.05, 0.1) is 17.2 Å². The van der Waals surface area contributed by atoms with E-state index in [2.05, 4.69) is 71.6 Å². The Hall–Kier alpha value is -4.13. The average molecular weight is 436 g/mol. The van der Waals surface area contributed by atoms with Gasteiger partial charge in [-0.25, -0.2) is 4.98 Å². The van der Waals surface area contributed by atoms with Crippen molar-refractivity contribution in [3.63, 3.8) is 0 Å². The lowest BCUT2D eigenvalue weighted by Crippen LogP contribution is -2.00. The van der Waals surface area contributed by atoms with Crippen molar-refractivity contribution in [3.05, 3.63) is 78.2 Å². The molecule has 0 bridgehead atoms. The molecule has 0 spiro atoms. The molecule has 0 amide bonds. The number of benzene rings is 1. The van der Waals surface area contributed by atoms with Crippen molar-refractivity contribution in [2.75, 3.05) is 5.32 Å². The third-order valence-electron chi connectivity index (χ3n) is 5.60. The van der Waals surface area contributed by atoms with Crippen LogP contribution in [0.3, 0.4) is 0 Å². The van der Waals surface area contributed by atoms with Gasteiger partial charge < -0.3 is 5.32 Å². The van der Waals surface area contributed by atoms with E-state index in [9.17, 15) is 0 Å². The Bertz CT molecular complexity index is 1440. The van der Waals surface area contributed by atoms with Gasteiger partial charge in [-0.2, -0.15) is 10.2 Å². The Balaban J connectivity index is 1.52. The molecule has 1 aromatic carbocycles. The number of hydrogen-bond acceptors (Lipinski definition) is 6. The maximum atomic E-state index is 4.78. The summed E-state index contributed by atoms with van der Waals surface area (Å²) in [5, 5.41) is 16.3. The average Bonchev–Trinajstić information content (AvgIpc) is 3.21. The molecular weight excluding hydrogens is 410 g/mol. The summed E-state index contributed by atoms with van der Waals surface area (Å²) in [6.45, 7) is 6.34. The molecule has 5 aromatic rings. The largest absolute Gasteiger partial charge is 0.323 e. The van der Waals surface area contributed by atoms with Crippen LogP contribution in [-0.4, -0.2) is 29.9 Å². The first-order valence-corrected chi connectivity index (χ1v) is 10.9. The van der Waals surface area contributed by atoms with Crippen LogP contribution in [0.25, 0.3) is 33.4 Å². The fourth-order valence-corrected chi connectivity index (χ4v) is 3.74. The van der Waals surface area contributed by atoms with Crippen LogP contribution in [0.15, 0.2) is 67.1 Å². The lowest BCUT2D eigenvalue weighted by atomic mass is 10.0. The second-order valence-corrected chi connectivity index (χ2v) is 8.54. The SMILES string of the molecule is Cc1ccc(-c2nn(C)cc2-c2cnc3ccc(Nc4cc(C(C)C)cnn4)nc3c2)cc1. The molecule has 33 heavy (non-hydrogen) atoms. The van der Waals surface area contributed by atoms with Crippen molar-refractivity contribution in [3.8, 4) is 22.4 Å². The molecule has 4 aromatic heterocycles. The molecule has 0 aliphatic carbocycles. The minimum absolute atomic E-state index is 0.375. The standard InChI is InChI=1S/C26H25N7/c1-16(2)19-12-25(31-28-14-19)30-24-10-9-22-23(29-24)11-20(13-27-22)21-15-33(4)32-26(21)18-7-5-17(3)6-8-18/h5-16H,1-4H3,(H,29,30,31). The predicted molar refractivity (Wildman–Crippen MR) is 131 cm³/mol. The molecule has 164 valence electrons. The maximum Gasteiger partial charge on any atom is 0.154 e. The van der Waals surface area contributed by atoms with E-state index >= 15 is 0 Å². The van der Waals surface area contributed by atoms with Crippen LogP contribution in [0.1, 0.15) is 30.9 Å². The molecule has 7 nitrogen and oxygen atoms in total. The quantitative estimate of drug-likeness (QED) is 0.383. The zero-order valence-corrected chi connectivity index (χ0v) is 19.1. The minimum Gasteiger partial charge on any atom is -0.323 e. The highest BCUT2D eigenvalue weighted by Gasteiger charge is 2.14. The molecule has 0 radical (unpaired) electrons. The van der Waals surface area contributed by atoms with Crippen molar-refractivity contribution in [2.45, 2.75) is 26.7 Å². The van der Waals surface area contributed by atoms with E-state index in [1.807, 2.05) is 42.3 Å². The van der Waals surface area contributed by atoms with Gasteiger partial charge in [0.1, 0.15) is 11.5 Å². The highest BCUT2D eigenvalue weighted by Crippen LogP contribution is 2.32. The molecule has 0 unspecified atom stereocenters. The molecular formula is C26H25N7. The summed E-state index contributed by atoms with van der Waals surface area (Å²) in [6.07, 6.45) is 5.69. The Morgan fingerprint density at radius 3 is 2.48 bits per heavy atom. The Morgan fingerprint density at radius 2 is 1.70 bits per heavy atom. The highest BCUT2D eigenvalue weighted by molar-refractivity contribution is 5.86. The van der Waals surface area contributed by atoms with Crippen LogP contribution in [0.2, 0.25) is 0 Å². The van der Waals surface area contributed by atoms with Crippen molar-refractivity contribution >= 4 is 22.7 Å². The summed E-state index contributed by atoms with van der Waals surface area (Å²) >= 11 is 0. The van der Waals surface area contributed by atoms with Gasteiger partial charge in [-0.1, -0.05) is 43.7 Å². The first kappa shape index (κ1) is 20.8. The van der Waals surface area contributed by atoms with E-state index in [1.54, 1.807) is 6.20 Å². The zero-order chi connectivity index (χ0) is 22.9. The van der Waals surface area contributed by atoms with Crippen LogP contribution in [0.5, 0.6) is 0 Å². The molecule has 0 aliphatic heterocycles. The van der Waals surface area contributed by atoms with Gasteiger partial charge in [0.15, 0.2) is 5.82 Å². The third kappa shape index (κ3) is 4.30. The highest BCUT2D eigenvalue weighted by atomic mass is 15.3. The Labute approximate surface area is 192 Å². The van der Waals surface area contributed by atoms with E-state index in [1.165, 1.54) is 5.56 Å². The van der Waals surface area contributed by atoms with E-state index in [4.69, 9.17) is 10.1 Å². The van der Waals surface area contributed by atoms with E-state index in [-0.39, 0.29) is 0 Å². The van der Waals surface area contributed by atoms with Gasteiger partial charge in [-0.15, -0.1) is 5.10 Å². The lowest BCUT2D eigenvalue weighted by Gasteiger charge is -2.09. The zero-order valence-electron chi connectivity index (χ0n) is 19.1. The smallest absolute Gasteiger partial charge is 0.154 e. The van der Waals surface area contributed by atoms with Crippen molar-refractivity contribution < 1.29 is 0 Å². The fraction of sp³-hybridized carbons (Fsp3) is 0.192. The summed E-state index contributed by atoms with van der Waals surface area (Å²) in [5.74, 6) is 1.74. The molecule has 4 heterocycles. The second kappa shape index (κ2) is 8.43. The van der Waals surface area contributed by atoms with Gasteiger partial charge in [0.2, 0.25) is 0 Å². The molecule has 7 heteroatoms. The Morgan fingerprint density at radius 1 is 0.879 bits per heavy atom. The van der Waals surface area contributed by atoms with E-state index in [0.29, 0.717) is 17.6 Å². The summed E-state index contributed by atoms with van der Waals surface area (Å²) in [4.78, 5) is 9.43. The van der Waals surface area contributed by atoms with Crippen molar-refractivity contribution in [2.24, 2.45) is 7.05 Å². The topological polar surface area (TPSA) is 81.4 Å². The number of anilines is 2. The van der Waals surface area contributed by atoms with Gasteiger partial charge in [0, 0.05) is 36.1 Å². The molecule has 1 N–H and O–H groups in total. The summed E-state index contributed by atoms with van der Waals surface area (Å²) in [6, 6.07) is 16.3. The summed E-state index contributed by atoms with van der Waals surface area (Å²) < 4.78 is 1.83. The Kier molecular flexibility index (Phi) is 5.30. The number of aromatic nitrogens is 6. The van der Waals surface area contributed by atoms with Crippen molar-refractivity contribution in [1.82, 2.24) is 29.9 Å². The molecule has 0 saturated heterocycles. The van der Waals surface area contributed by atoms with Gasteiger partial charge >= 0.3 is 0 Å². The van der Waals surface area contributed by atoms with Crippen LogP contribution in [0, 0.1) is 6.92 Å². The molecule has 0 saturated carbocycles. The lowest BCUT2D eigenvalue weighted by molar-refractivity contribution is 0.771. The molecule has 0 atom stereocenters. The van der Waals surface area contributed by atoms with Crippen LogP contribution in [-0.2, 0) is 7.05 Å². The molecule has 0 aliphatic rings. The maximum absolute atomic E-state index is 4.78. The van der Waals surface area contributed by atoms with Gasteiger partial charge in [0.25, 0.3) is 0 Å². The monoisotopic (exact) mass is 435 g/mol. The van der Waals surface area contributed by atoms with Crippen LogP contribution in [0.4, 0.5) is 11.6 Å². The molecule has 0 fully saturated rings. The summed E-state index contributed by atoms with van der Waals surface area (Å²) in [7, 11) is 1.93. The normalized spacial score (nSPS) is 11.3. The molecule has 5 rings (SSSR count). The minimum atomic E-state index is 0.375. The first-order chi connectivity index (χ1) is 16.0. The van der Waals surface area contributed by atoms with Gasteiger partial charge in [-0.3, -0.25) is 9.67 Å². The predicted octanol–water partition coefficient (Wildman–Crippen LogP) is 5.66. The number of aryl methyl sites for hydroxylation is 2. The number of nitrogens with zero attached hydrogens (tertiary/aromatic N) is 6. The van der Waals surface area contributed by atoms with E-state index in [0.717, 1.165) is 39.0 Å². The summed E-state index contributed by atoms with van der Waals surface area (Å²) in [5.41, 5.74) is 7.95. The fourth-order valence-electron chi connectivity index (χ4n) is 3.74. The van der Waals surface area contributed by atoms with Crippen molar-refractivity contribution in [1.29, 1.82) is 0 Å². The first-order valence-electron chi connectivity index (χ1n) is 10.9. The number of nitrogens with one attached hydrogen (secondary N) is 1. The van der Waals surface area contributed by atoms with E-state index < -0.39 is 0 Å².